The molecule has 1 amide bonds. The van der Waals surface area contributed by atoms with E-state index in [0.29, 0.717) is 6.42 Å². The van der Waals surface area contributed by atoms with Crippen LogP contribution in [0.15, 0.2) is 23.1 Å². The maximum Gasteiger partial charge on any atom is 0.305 e. The van der Waals surface area contributed by atoms with Gasteiger partial charge in [-0.05, 0) is 25.0 Å². The molecule has 1 heterocycles. The molecule has 1 aromatic rings. The number of carboxylic acids is 1. The van der Waals surface area contributed by atoms with Crippen molar-refractivity contribution in [3.05, 3.63) is 34.2 Å². The largest absolute Gasteiger partial charge is 0.481 e. The van der Waals surface area contributed by atoms with E-state index in [-0.39, 0.29) is 24.4 Å². The second-order valence-corrected chi connectivity index (χ2v) is 5.16. The Morgan fingerprint density at radius 2 is 2.10 bits per heavy atom. The normalized spacial score (nSPS) is 12.0. The van der Waals surface area contributed by atoms with Crippen molar-refractivity contribution in [3.63, 3.8) is 0 Å². The monoisotopic (exact) mass is 294 g/mol. The van der Waals surface area contributed by atoms with Gasteiger partial charge in [0.2, 0.25) is 5.91 Å². The summed E-state index contributed by atoms with van der Waals surface area (Å²) in [5, 5.41) is 8.68. The summed E-state index contributed by atoms with van der Waals surface area (Å²) in [5.74, 6) is -1.18. The number of likely N-dealkylation sites (N-methyl/N-ethyl adjacent to an activating group) is 1. The highest BCUT2D eigenvalue weighted by atomic mass is 16.4. The van der Waals surface area contributed by atoms with Gasteiger partial charge in [-0.2, -0.15) is 0 Å². The summed E-state index contributed by atoms with van der Waals surface area (Å²) in [5.41, 5.74) is 0.631. The molecule has 6 nitrogen and oxygen atoms in total. The number of carbonyl (C=O) groups is 2. The molecule has 0 saturated heterocycles. The number of hydrogen-bond acceptors (Lipinski definition) is 3. The van der Waals surface area contributed by atoms with E-state index in [1.807, 2.05) is 13.8 Å². The first kappa shape index (κ1) is 16.9. The first-order valence-electron chi connectivity index (χ1n) is 7.02. The molecule has 0 aliphatic heterocycles. The minimum absolute atomic E-state index is 0.107. The molecule has 1 N–H and O–H groups in total. The van der Waals surface area contributed by atoms with Crippen molar-refractivity contribution in [1.82, 2.24) is 9.47 Å². The standard InChI is InChI=1S/C15H22N2O4/c1-4-5-12(15(21)16(3)8-7-14(19)20)17-9-6-11(2)10-13(17)18/h6,9-10,12H,4-5,7-8H2,1-3H3,(H,19,20). The summed E-state index contributed by atoms with van der Waals surface area (Å²) in [6.07, 6.45) is 2.81. The van der Waals surface area contributed by atoms with Crippen LogP contribution in [0.5, 0.6) is 0 Å². The van der Waals surface area contributed by atoms with Crippen LogP contribution in [0.3, 0.4) is 0 Å². The fourth-order valence-electron chi connectivity index (χ4n) is 2.13. The summed E-state index contributed by atoms with van der Waals surface area (Å²) in [7, 11) is 1.56. The fourth-order valence-corrected chi connectivity index (χ4v) is 2.13. The number of carboxylic acid groups (broad SMARTS) is 1. The van der Waals surface area contributed by atoms with E-state index in [9.17, 15) is 14.4 Å². The van der Waals surface area contributed by atoms with Crippen molar-refractivity contribution in [2.45, 2.75) is 39.2 Å². The Labute approximate surface area is 124 Å². The molecule has 1 unspecified atom stereocenters. The summed E-state index contributed by atoms with van der Waals surface area (Å²) in [6, 6.07) is 2.70. The molecule has 0 radical (unpaired) electrons. The zero-order valence-corrected chi connectivity index (χ0v) is 12.7. The smallest absolute Gasteiger partial charge is 0.305 e. The number of nitrogens with zero attached hydrogens (tertiary/aromatic N) is 2. The minimum atomic E-state index is -0.950. The van der Waals surface area contributed by atoms with Gasteiger partial charge in [0, 0.05) is 25.9 Å². The van der Waals surface area contributed by atoms with E-state index in [4.69, 9.17) is 5.11 Å². The van der Waals surface area contributed by atoms with E-state index in [0.717, 1.165) is 12.0 Å². The highest BCUT2D eigenvalue weighted by Crippen LogP contribution is 2.15. The summed E-state index contributed by atoms with van der Waals surface area (Å²) < 4.78 is 1.43. The van der Waals surface area contributed by atoms with Crippen LogP contribution in [-0.4, -0.2) is 40.0 Å². The lowest BCUT2D eigenvalue weighted by Gasteiger charge is -2.24. The molecule has 1 aromatic heterocycles. The van der Waals surface area contributed by atoms with Crippen LogP contribution in [0.4, 0.5) is 0 Å². The van der Waals surface area contributed by atoms with Gasteiger partial charge >= 0.3 is 5.97 Å². The van der Waals surface area contributed by atoms with Crippen LogP contribution < -0.4 is 5.56 Å². The number of hydrogen-bond donors (Lipinski definition) is 1. The van der Waals surface area contributed by atoms with Gasteiger partial charge in [-0.3, -0.25) is 14.4 Å². The van der Waals surface area contributed by atoms with Crippen molar-refractivity contribution < 1.29 is 14.7 Å². The highest BCUT2D eigenvalue weighted by molar-refractivity contribution is 5.80. The van der Waals surface area contributed by atoms with Crippen LogP contribution in [0.1, 0.15) is 37.8 Å². The number of aryl methyl sites for hydroxylation is 1. The summed E-state index contributed by atoms with van der Waals surface area (Å²) >= 11 is 0. The first-order valence-corrected chi connectivity index (χ1v) is 7.02. The Balaban J connectivity index is 2.97. The molecule has 116 valence electrons. The van der Waals surface area contributed by atoms with Gasteiger partial charge in [-0.15, -0.1) is 0 Å². The first-order chi connectivity index (χ1) is 9.86. The predicted molar refractivity (Wildman–Crippen MR) is 79.3 cm³/mol. The molecule has 6 heteroatoms. The lowest BCUT2D eigenvalue weighted by molar-refractivity contribution is -0.139. The number of amides is 1. The van der Waals surface area contributed by atoms with E-state index in [1.165, 1.54) is 15.5 Å². The van der Waals surface area contributed by atoms with Crippen LogP contribution in [0, 0.1) is 6.92 Å². The lowest BCUT2D eigenvalue weighted by atomic mass is 10.1. The van der Waals surface area contributed by atoms with E-state index in [2.05, 4.69) is 0 Å². The molecule has 0 aliphatic carbocycles. The Kier molecular flexibility index (Phi) is 6.14. The maximum atomic E-state index is 12.5. The maximum absolute atomic E-state index is 12.5. The number of rotatable bonds is 7. The van der Waals surface area contributed by atoms with E-state index >= 15 is 0 Å². The van der Waals surface area contributed by atoms with Gasteiger partial charge in [0.05, 0.1) is 6.42 Å². The zero-order chi connectivity index (χ0) is 16.0. The third kappa shape index (κ3) is 4.73. The predicted octanol–water partition coefficient (Wildman–Crippen LogP) is 1.43. The quantitative estimate of drug-likeness (QED) is 0.825. The molecule has 0 bridgehead atoms. The summed E-state index contributed by atoms with van der Waals surface area (Å²) in [4.78, 5) is 36.5. The van der Waals surface area contributed by atoms with Gasteiger partial charge in [0.1, 0.15) is 6.04 Å². The van der Waals surface area contributed by atoms with Crippen LogP contribution in [-0.2, 0) is 9.59 Å². The van der Waals surface area contributed by atoms with Gasteiger partial charge in [0.25, 0.3) is 5.56 Å². The average molecular weight is 294 g/mol. The molecule has 1 atom stereocenters. The van der Waals surface area contributed by atoms with Gasteiger partial charge in [-0.1, -0.05) is 13.3 Å². The second kappa shape index (κ2) is 7.61. The third-order valence-corrected chi connectivity index (χ3v) is 3.32. The van der Waals surface area contributed by atoms with E-state index < -0.39 is 12.0 Å². The Morgan fingerprint density at radius 3 is 2.62 bits per heavy atom. The SMILES string of the molecule is CCCC(C(=O)N(C)CCC(=O)O)n1ccc(C)cc1=O. The van der Waals surface area contributed by atoms with Crippen molar-refractivity contribution in [3.8, 4) is 0 Å². The molecular formula is C15H22N2O4. The average Bonchev–Trinajstić information content (AvgIpc) is 2.42. The Morgan fingerprint density at radius 1 is 1.43 bits per heavy atom. The number of carbonyl (C=O) groups excluding carboxylic acids is 1. The number of aromatic nitrogens is 1. The van der Waals surface area contributed by atoms with Gasteiger partial charge < -0.3 is 14.6 Å². The molecule has 0 saturated carbocycles. The number of pyridine rings is 1. The molecule has 0 aromatic carbocycles. The lowest BCUT2D eigenvalue weighted by Crippen LogP contribution is -2.39. The van der Waals surface area contributed by atoms with Crippen LogP contribution >= 0.6 is 0 Å². The van der Waals surface area contributed by atoms with Crippen LogP contribution in [0.2, 0.25) is 0 Å². The third-order valence-electron chi connectivity index (χ3n) is 3.32. The fraction of sp³-hybridized carbons (Fsp3) is 0.533. The number of aliphatic carboxylic acids is 1. The molecule has 21 heavy (non-hydrogen) atoms. The Bertz CT molecular complexity index is 565. The van der Waals surface area contributed by atoms with Gasteiger partial charge in [0.15, 0.2) is 0 Å². The molecule has 1 rings (SSSR count). The Hall–Kier alpha value is -2.11. The van der Waals surface area contributed by atoms with Gasteiger partial charge in [-0.25, -0.2) is 0 Å². The van der Waals surface area contributed by atoms with Crippen molar-refractivity contribution in [2.75, 3.05) is 13.6 Å². The summed E-state index contributed by atoms with van der Waals surface area (Å²) in [6.45, 7) is 3.90. The van der Waals surface area contributed by atoms with Crippen molar-refractivity contribution in [2.24, 2.45) is 0 Å². The molecule has 0 spiro atoms. The van der Waals surface area contributed by atoms with Crippen molar-refractivity contribution >= 4 is 11.9 Å². The minimum Gasteiger partial charge on any atom is -0.481 e. The molecular weight excluding hydrogens is 272 g/mol. The molecule has 0 fully saturated rings. The van der Waals surface area contributed by atoms with E-state index in [1.54, 1.807) is 19.3 Å². The zero-order valence-electron chi connectivity index (χ0n) is 12.7. The van der Waals surface area contributed by atoms with Crippen LogP contribution in [0.25, 0.3) is 0 Å². The van der Waals surface area contributed by atoms with Crippen molar-refractivity contribution in [1.29, 1.82) is 0 Å². The second-order valence-electron chi connectivity index (χ2n) is 5.16. The highest BCUT2D eigenvalue weighted by Gasteiger charge is 2.24. The topological polar surface area (TPSA) is 79.6 Å². The molecule has 0 aliphatic rings.